The quantitative estimate of drug-likeness (QED) is 0.192. The summed E-state index contributed by atoms with van der Waals surface area (Å²) in [6.07, 6.45) is 3.34. The molecule has 2 N–H and O–H groups in total. The van der Waals surface area contributed by atoms with E-state index in [1.54, 1.807) is 0 Å². The van der Waals surface area contributed by atoms with Gasteiger partial charge in [-0.05, 0) is 92.7 Å². The molecule has 278 valence electrons. The zero-order valence-corrected chi connectivity index (χ0v) is 31.5. The van der Waals surface area contributed by atoms with E-state index < -0.39 is 0 Å². The Kier molecular flexibility index (Phi) is 9.54. The zero-order valence-electron chi connectivity index (χ0n) is 30.7. The Hall–Kier alpha value is -4.84. The fourth-order valence-corrected chi connectivity index (χ4v) is 9.68. The van der Waals surface area contributed by atoms with Crippen molar-refractivity contribution in [2.75, 3.05) is 63.9 Å². The number of carbonyl (C=O) groups is 3. The van der Waals surface area contributed by atoms with Crippen molar-refractivity contribution in [3.05, 3.63) is 88.8 Å². The fraction of sp³-hybridized carbons (Fsp3) is 0.395. The lowest BCUT2D eigenvalue weighted by molar-refractivity contribution is -0.134. The lowest BCUT2D eigenvalue weighted by Crippen LogP contribution is -2.49. The summed E-state index contributed by atoms with van der Waals surface area (Å²) in [7, 11) is 0. The number of aromatic nitrogens is 1. The summed E-state index contributed by atoms with van der Waals surface area (Å²) < 4.78 is 7.18. The highest BCUT2D eigenvalue weighted by molar-refractivity contribution is 7.21. The van der Waals surface area contributed by atoms with Crippen molar-refractivity contribution < 1.29 is 19.1 Å². The first-order valence-corrected chi connectivity index (χ1v) is 20.2. The molecule has 0 aliphatic carbocycles. The van der Waals surface area contributed by atoms with Gasteiger partial charge in [0.05, 0.1) is 23.2 Å². The fourth-order valence-electron chi connectivity index (χ4n) is 8.62. The lowest BCUT2D eigenvalue weighted by atomic mass is 9.88. The van der Waals surface area contributed by atoms with E-state index in [0.29, 0.717) is 36.0 Å². The summed E-state index contributed by atoms with van der Waals surface area (Å²) >= 11 is 1.48. The number of amides is 3. The molecule has 1 unspecified atom stereocenters. The number of piperidine rings is 2. The van der Waals surface area contributed by atoms with E-state index in [0.717, 1.165) is 90.2 Å². The van der Waals surface area contributed by atoms with E-state index in [1.807, 2.05) is 13.0 Å². The number of nitrogens with one attached hydrogen (secondary N) is 2. The predicted molar refractivity (Wildman–Crippen MR) is 214 cm³/mol. The molecule has 11 heteroatoms. The third-order valence-corrected chi connectivity index (χ3v) is 12.9. The molecule has 0 bridgehead atoms. The van der Waals surface area contributed by atoms with Crippen LogP contribution in [0.3, 0.4) is 0 Å². The molecule has 3 saturated heterocycles. The summed E-state index contributed by atoms with van der Waals surface area (Å²) in [5, 5.41) is 7.47. The molecule has 3 fully saturated rings. The molecule has 3 amide bonds. The van der Waals surface area contributed by atoms with Crippen molar-refractivity contribution in [2.45, 2.75) is 50.5 Å². The first kappa shape index (κ1) is 34.9. The smallest absolute Gasteiger partial charge is 0.265 e. The lowest BCUT2D eigenvalue weighted by Gasteiger charge is -2.38. The van der Waals surface area contributed by atoms with Crippen LogP contribution in [0.15, 0.2) is 72.8 Å². The van der Waals surface area contributed by atoms with Gasteiger partial charge >= 0.3 is 0 Å². The Morgan fingerprint density at radius 3 is 2.26 bits per heavy atom. The average Bonchev–Trinajstić information content (AvgIpc) is 3.52. The van der Waals surface area contributed by atoms with Gasteiger partial charge in [-0.2, -0.15) is 0 Å². The summed E-state index contributed by atoms with van der Waals surface area (Å²) in [4.78, 5) is 49.9. The van der Waals surface area contributed by atoms with E-state index >= 15 is 0 Å². The number of carbonyl (C=O) groups excluding carboxylic acids is 3. The summed E-state index contributed by atoms with van der Waals surface area (Å²) in [6, 6.07) is 25.6. The van der Waals surface area contributed by atoms with Gasteiger partial charge in [0.25, 0.3) is 5.91 Å². The summed E-state index contributed by atoms with van der Waals surface area (Å²) in [5.41, 5.74) is 6.55. The van der Waals surface area contributed by atoms with Crippen molar-refractivity contribution in [3.63, 3.8) is 0 Å². The highest BCUT2D eigenvalue weighted by Crippen LogP contribution is 2.43. The Morgan fingerprint density at radius 2 is 1.52 bits per heavy atom. The molecule has 2 aromatic heterocycles. The zero-order chi connectivity index (χ0) is 36.8. The number of piperazine rings is 1. The van der Waals surface area contributed by atoms with E-state index in [4.69, 9.17) is 9.72 Å². The van der Waals surface area contributed by atoms with Crippen molar-refractivity contribution in [3.8, 4) is 17.0 Å². The average molecular weight is 743 g/mol. The highest BCUT2D eigenvalue weighted by Gasteiger charge is 2.29. The number of rotatable bonds is 7. The summed E-state index contributed by atoms with van der Waals surface area (Å²) in [6.45, 7) is 11.0. The maximum atomic E-state index is 12.8. The first-order valence-electron chi connectivity index (χ1n) is 19.4. The highest BCUT2D eigenvalue weighted by atomic mass is 32.1. The van der Waals surface area contributed by atoms with Crippen LogP contribution in [0.4, 0.5) is 5.69 Å². The molecule has 3 aromatic carbocycles. The van der Waals surface area contributed by atoms with Crippen LogP contribution in [0.5, 0.6) is 5.75 Å². The van der Waals surface area contributed by atoms with Gasteiger partial charge < -0.3 is 19.9 Å². The van der Waals surface area contributed by atoms with E-state index in [9.17, 15) is 14.4 Å². The third-order valence-electron chi connectivity index (χ3n) is 11.8. The number of nitrogens with zero attached hydrogens (tertiary/aromatic N) is 4. The Labute approximate surface area is 319 Å². The molecule has 9 rings (SSSR count). The predicted octanol–water partition coefficient (Wildman–Crippen LogP) is 6.15. The van der Waals surface area contributed by atoms with Crippen LogP contribution in [-0.4, -0.2) is 97.5 Å². The summed E-state index contributed by atoms with van der Waals surface area (Å²) in [5.74, 6) is 0.602. The van der Waals surface area contributed by atoms with Gasteiger partial charge in [0.15, 0.2) is 5.75 Å². The van der Waals surface area contributed by atoms with Crippen LogP contribution in [0.2, 0.25) is 0 Å². The van der Waals surface area contributed by atoms with Gasteiger partial charge in [0.2, 0.25) is 11.8 Å². The van der Waals surface area contributed by atoms with Gasteiger partial charge in [-0.1, -0.05) is 36.4 Å². The van der Waals surface area contributed by atoms with Crippen LogP contribution in [0.1, 0.15) is 65.2 Å². The number of anilines is 1. The molecule has 54 heavy (non-hydrogen) atoms. The van der Waals surface area contributed by atoms with E-state index in [-0.39, 0.29) is 29.7 Å². The largest absolute Gasteiger partial charge is 0.489 e. The van der Waals surface area contributed by atoms with E-state index in [2.05, 4.69) is 92.1 Å². The van der Waals surface area contributed by atoms with Crippen LogP contribution in [-0.2, 0) is 9.59 Å². The molecule has 5 aromatic rings. The van der Waals surface area contributed by atoms with Gasteiger partial charge in [-0.3, -0.25) is 24.6 Å². The minimum Gasteiger partial charge on any atom is -0.489 e. The number of ether oxygens (including phenoxy) is 1. The van der Waals surface area contributed by atoms with Crippen LogP contribution < -0.4 is 20.3 Å². The first-order chi connectivity index (χ1) is 26.4. The Bertz CT molecular complexity index is 2200. The van der Waals surface area contributed by atoms with Gasteiger partial charge in [-0.25, -0.2) is 4.98 Å². The second-order valence-electron chi connectivity index (χ2n) is 15.3. The van der Waals surface area contributed by atoms with Crippen molar-refractivity contribution in [1.29, 1.82) is 0 Å². The molecule has 0 radical (unpaired) electrons. The molecule has 2 atom stereocenters. The van der Waals surface area contributed by atoms with Crippen molar-refractivity contribution in [1.82, 2.24) is 25.4 Å². The topological polar surface area (TPSA) is 107 Å². The molecule has 4 aliphatic rings. The Balaban J connectivity index is 0.755. The molecule has 6 heterocycles. The molecule has 10 nitrogen and oxygen atoms in total. The maximum Gasteiger partial charge on any atom is 0.265 e. The normalized spacial score (nSPS) is 21.8. The second-order valence-corrected chi connectivity index (χ2v) is 16.4. The number of likely N-dealkylation sites (tertiary alicyclic amines) is 1. The van der Waals surface area contributed by atoms with Crippen LogP contribution in [0.25, 0.3) is 32.2 Å². The molecule has 0 saturated carbocycles. The number of pyridine rings is 1. The monoisotopic (exact) mass is 742 g/mol. The SMILES string of the molecule is C[C@@H]1COc2c(sc3ccc4nc(-c5ccc(C6CCN(CCN7CCN(c8ccc(C9CCC(=O)NC9=O)cc8)CC7)CC6)cc5)ccc4c23)C(=O)N1. The third kappa shape index (κ3) is 6.96. The van der Waals surface area contributed by atoms with Gasteiger partial charge in [-0.15, -0.1) is 11.3 Å². The number of fused-ring (bicyclic) bond motifs is 5. The molecular formula is C43H46N6O4S. The van der Waals surface area contributed by atoms with Gasteiger partial charge in [0.1, 0.15) is 11.5 Å². The minimum absolute atomic E-state index is 0.0326. The molecule has 0 spiro atoms. The van der Waals surface area contributed by atoms with Gasteiger partial charge in [0, 0.05) is 72.4 Å². The van der Waals surface area contributed by atoms with Crippen LogP contribution in [0, 0.1) is 0 Å². The maximum absolute atomic E-state index is 12.8. The number of thiophene rings is 1. The number of hydrogen-bond donors (Lipinski definition) is 2. The molecule has 4 aliphatic heterocycles. The second kappa shape index (κ2) is 14.8. The number of imide groups is 1. The van der Waals surface area contributed by atoms with Crippen LogP contribution >= 0.6 is 11.3 Å². The minimum atomic E-state index is -0.234. The van der Waals surface area contributed by atoms with E-state index in [1.165, 1.54) is 35.4 Å². The Morgan fingerprint density at radius 1 is 0.796 bits per heavy atom. The standard InChI is InChI=1S/C43H46N6O4S/c1-27-26-53-40-39-34-10-12-35(45-36(34)13-14-37(39)54-41(40)43(52)44-27)31-4-2-28(3-5-31)29-16-18-47(19-17-29)20-21-48-22-24-49(25-23-48)32-8-6-30(7-9-32)33-11-15-38(50)46-42(33)51/h2-10,12-14,27,29,33H,11,15-26H2,1H3,(H,44,52)(H,46,50,51)/t27-,33?/m1/s1. The van der Waals surface area contributed by atoms with Crippen molar-refractivity contribution in [2.24, 2.45) is 0 Å². The number of hydrogen-bond acceptors (Lipinski definition) is 9. The molecular weight excluding hydrogens is 697 g/mol. The van der Waals surface area contributed by atoms with Crippen molar-refractivity contribution >= 4 is 55.7 Å². The number of benzene rings is 3.